The van der Waals surface area contributed by atoms with Crippen LogP contribution in [-0.2, 0) is 10.2 Å². The van der Waals surface area contributed by atoms with Crippen LogP contribution in [-0.4, -0.2) is 53.5 Å². The fraction of sp³-hybridized carbons (Fsp3) is 0.478. The molecule has 1 N–H and O–H groups in total. The van der Waals surface area contributed by atoms with E-state index in [4.69, 9.17) is 11.6 Å². The van der Waals surface area contributed by atoms with Crippen molar-refractivity contribution in [3.63, 3.8) is 0 Å². The van der Waals surface area contributed by atoms with Crippen molar-refractivity contribution >= 4 is 23.5 Å². The Bertz CT molecular complexity index is 914. The van der Waals surface area contributed by atoms with Gasteiger partial charge in [-0.2, -0.15) is 0 Å². The number of nitrogens with zero attached hydrogens (tertiary/aromatic N) is 2. The Kier molecular flexibility index (Phi) is 5.08. The van der Waals surface area contributed by atoms with E-state index in [0.29, 0.717) is 26.2 Å². The van der Waals surface area contributed by atoms with Crippen molar-refractivity contribution < 1.29 is 9.59 Å². The van der Waals surface area contributed by atoms with Crippen LogP contribution < -0.4 is 5.32 Å². The summed E-state index contributed by atoms with van der Waals surface area (Å²) in [5, 5.41) is 3.90. The third-order valence-corrected chi connectivity index (χ3v) is 6.54. The largest absolute Gasteiger partial charge is 0.336 e. The Morgan fingerprint density at radius 3 is 2.38 bits per heavy atom. The first kappa shape index (κ1) is 19.8. The fourth-order valence-corrected chi connectivity index (χ4v) is 4.01. The van der Waals surface area contributed by atoms with E-state index < -0.39 is 5.54 Å². The minimum Gasteiger partial charge on any atom is -0.336 e. The van der Waals surface area contributed by atoms with Crippen molar-refractivity contribution in [1.29, 1.82) is 0 Å². The summed E-state index contributed by atoms with van der Waals surface area (Å²) in [5.74, 6) is 6.44. The summed E-state index contributed by atoms with van der Waals surface area (Å²) in [6, 6.07) is 5.85. The Balaban J connectivity index is 1.38. The Hall–Kier alpha value is -2.45. The molecule has 0 bridgehead atoms. The monoisotopic (exact) mass is 411 g/mol. The zero-order valence-corrected chi connectivity index (χ0v) is 17.5. The van der Waals surface area contributed by atoms with Crippen molar-refractivity contribution in [3.05, 3.63) is 47.0 Å². The van der Waals surface area contributed by atoms with E-state index >= 15 is 0 Å². The van der Waals surface area contributed by atoms with E-state index in [-0.39, 0.29) is 17.4 Å². The summed E-state index contributed by atoms with van der Waals surface area (Å²) in [5.41, 5.74) is 1.87. The molecule has 4 rings (SSSR count). The molecule has 1 saturated heterocycles. The van der Waals surface area contributed by atoms with Gasteiger partial charge in [0, 0.05) is 36.8 Å². The molecule has 1 aliphatic heterocycles. The average Bonchev–Trinajstić information content (AvgIpc) is 3.66. The number of hydrogen-bond acceptors (Lipinski definition) is 2. The highest BCUT2D eigenvalue weighted by atomic mass is 35.5. The second kappa shape index (κ2) is 7.42. The SMILES string of the molecule is C=CC(=O)N1CCN(C(=O)NC2(C#Cc3ccc(Cl)c(C4(C)CC4)c3)CC2)CC1. The standard InChI is InChI=1S/C23H26ClN3O2/c1-3-20(28)26-12-14-27(15-13-26)21(29)25-23(10-11-23)7-6-17-4-5-19(24)18(16-17)22(2)8-9-22/h3-5,16H,1,8-15H2,2H3,(H,25,29). The molecule has 0 aromatic heterocycles. The molecular weight excluding hydrogens is 386 g/mol. The summed E-state index contributed by atoms with van der Waals surface area (Å²) in [6.07, 6.45) is 5.36. The van der Waals surface area contributed by atoms with Crippen LogP contribution >= 0.6 is 11.6 Å². The highest BCUT2D eigenvalue weighted by Crippen LogP contribution is 2.50. The smallest absolute Gasteiger partial charge is 0.318 e. The summed E-state index contributed by atoms with van der Waals surface area (Å²) < 4.78 is 0. The van der Waals surface area contributed by atoms with Crippen LogP contribution in [0.4, 0.5) is 4.79 Å². The topological polar surface area (TPSA) is 52.7 Å². The van der Waals surface area contributed by atoms with Gasteiger partial charge in [-0.15, -0.1) is 0 Å². The van der Waals surface area contributed by atoms with Crippen molar-refractivity contribution in [2.45, 2.75) is 43.6 Å². The highest BCUT2D eigenvalue weighted by molar-refractivity contribution is 6.31. The van der Waals surface area contributed by atoms with Gasteiger partial charge in [-0.05, 0) is 60.9 Å². The third-order valence-electron chi connectivity index (χ3n) is 6.21. The van der Waals surface area contributed by atoms with Crippen LogP contribution in [0.25, 0.3) is 0 Å². The number of urea groups is 1. The number of rotatable bonds is 3. The van der Waals surface area contributed by atoms with E-state index in [1.54, 1.807) is 9.80 Å². The molecule has 29 heavy (non-hydrogen) atoms. The summed E-state index contributed by atoms with van der Waals surface area (Å²) in [4.78, 5) is 27.8. The molecule has 1 aromatic rings. The Morgan fingerprint density at radius 1 is 1.14 bits per heavy atom. The molecule has 0 spiro atoms. The van der Waals surface area contributed by atoms with E-state index in [2.05, 4.69) is 36.7 Å². The van der Waals surface area contributed by atoms with Gasteiger partial charge in [-0.25, -0.2) is 4.79 Å². The van der Waals surface area contributed by atoms with Gasteiger partial charge < -0.3 is 15.1 Å². The molecule has 5 nitrogen and oxygen atoms in total. The van der Waals surface area contributed by atoms with Gasteiger partial charge in [0.1, 0.15) is 5.54 Å². The van der Waals surface area contributed by atoms with Crippen LogP contribution in [0.5, 0.6) is 0 Å². The lowest BCUT2D eigenvalue weighted by molar-refractivity contribution is -0.127. The van der Waals surface area contributed by atoms with Gasteiger partial charge in [0.15, 0.2) is 0 Å². The molecule has 2 aliphatic carbocycles. The van der Waals surface area contributed by atoms with Crippen molar-refractivity contribution in [1.82, 2.24) is 15.1 Å². The molecule has 1 heterocycles. The minimum absolute atomic E-state index is 0.0861. The highest BCUT2D eigenvalue weighted by Gasteiger charge is 2.44. The number of carbonyl (C=O) groups is 2. The quantitative estimate of drug-likeness (QED) is 0.612. The number of piperazine rings is 1. The zero-order chi connectivity index (χ0) is 20.6. The van der Waals surface area contributed by atoms with Gasteiger partial charge in [0.2, 0.25) is 5.91 Å². The first-order valence-electron chi connectivity index (χ1n) is 10.2. The second-order valence-corrected chi connectivity index (χ2v) is 8.94. The molecule has 0 radical (unpaired) electrons. The van der Waals surface area contributed by atoms with Gasteiger partial charge in [-0.3, -0.25) is 4.79 Å². The molecule has 3 fully saturated rings. The van der Waals surface area contributed by atoms with E-state index in [9.17, 15) is 9.59 Å². The third kappa shape index (κ3) is 4.28. The van der Waals surface area contributed by atoms with E-state index in [1.165, 1.54) is 11.6 Å². The predicted molar refractivity (Wildman–Crippen MR) is 114 cm³/mol. The van der Waals surface area contributed by atoms with Crippen LogP contribution in [0.2, 0.25) is 5.02 Å². The molecule has 2 saturated carbocycles. The number of halogens is 1. The first-order valence-corrected chi connectivity index (χ1v) is 10.5. The summed E-state index contributed by atoms with van der Waals surface area (Å²) >= 11 is 6.38. The number of carbonyl (C=O) groups excluding carboxylic acids is 2. The maximum absolute atomic E-state index is 12.7. The van der Waals surface area contributed by atoms with E-state index in [1.807, 2.05) is 12.1 Å². The van der Waals surface area contributed by atoms with Gasteiger partial charge in [0.25, 0.3) is 0 Å². The maximum atomic E-state index is 12.7. The van der Waals surface area contributed by atoms with Gasteiger partial charge >= 0.3 is 6.03 Å². The number of benzene rings is 1. The van der Waals surface area contributed by atoms with Crippen molar-refractivity contribution in [2.24, 2.45) is 0 Å². The normalized spacial score (nSPS) is 20.9. The van der Waals surface area contributed by atoms with E-state index in [0.717, 1.165) is 36.3 Å². The molecule has 6 heteroatoms. The summed E-state index contributed by atoms with van der Waals surface area (Å²) in [7, 11) is 0. The molecule has 152 valence electrons. The molecule has 1 aromatic carbocycles. The average molecular weight is 412 g/mol. The maximum Gasteiger partial charge on any atom is 0.318 e. The van der Waals surface area contributed by atoms with Crippen LogP contribution in [0.1, 0.15) is 43.7 Å². The zero-order valence-electron chi connectivity index (χ0n) is 16.8. The Morgan fingerprint density at radius 2 is 1.79 bits per heavy atom. The lowest BCUT2D eigenvalue weighted by Gasteiger charge is -2.34. The molecular formula is C23H26ClN3O2. The Labute approximate surface area is 177 Å². The molecule has 3 aliphatic rings. The van der Waals surface area contributed by atoms with Crippen LogP contribution in [0, 0.1) is 11.8 Å². The summed E-state index contributed by atoms with van der Waals surface area (Å²) in [6.45, 7) is 7.85. The number of hydrogen-bond donors (Lipinski definition) is 1. The molecule has 3 amide bonds. The van der Waals surface area contributed by atoms with Crippen LogP contribution in [0.3, 0.4) is 0 Å². The van der Waals surface area contributed by atoms with Crippen LogP contribution in [0.15, 0.2) is 30.9 Å². The predicted octanol–water partition coefficient (Wildman–Crippen LogP) is 3.32. The van der Waals surface area contributed by atoms with Crippen molar-refractivity contribution in [3.8, 4) is 11.8 Å². The van der Waals surface area contributed by atoms with Gasteiger partial charge in [-0.1, -0.05) is 36.9 Å². The fourth-order valence-electron chi connectivity index (χ4n) is 3.66. The second-order valence-electron chi connectivity index (χ2n) is 8.53. The number of amides is 3. The lowest BCUT2D eigenvalue weighted by atomic mass is 9.96. The van der Waals surface area contributed by atoms with Crippen molar-refractivity contribution in [2.75, 3.05) is 26.2 Å². The minimum atomic E-state index is -0.436. The van der Waals surface area contributed by atoms with Gasteiger partial charge in [0.05, 0.1) is 0 Å². The number of nitrogens with one attached hydrogen (secondary N) is 1. The first-order chi connectivity index (χ1) is 13.8. The lowest BCUT2D eigenvalue weighted by Crippen LogP contribution is -2.54. The molecule has 0 atom stereocenters. The molecule has 0 unspecified atom stereocenters.